The Balaban J connectivity index is 2.18. The summed E-state index contributed by atoms with van der Waals surface area (Å²) < 4.78 is 0. The third-order valence-electron chi connectivity index (χ3n) is 4.21. The van der Waals surface area contributed by atoms with Crippen LogP contribution in [0.1, 0.15) is 49.5 Å². The smallest absolute Gasteiger partial charge is 0.255 e. The summed E-state index contributed by atoms with van der Waals surface area (Å²) in [6, 6.07) is 12.1. The zero-order chi connectivity index (χ0) is 18.1. The van der Waals surface area contributed by atoms with Gasteiger partial charge in [-0.2, -0.15) is 0 Å². The molecule has 0 saturated carbocycles. The van der Waals surface area contributed by atoms with Crippen molar-refractivity contribution in [3.05, 3.63) is 59.9 Å². The Labute approximate surface area is 151 Å². The molecule has 0 atom stereocenters. The molecular weight excluding hydrogens is 310 g/mol. The monoisotopic (exact) mass is 339 g/mol. The molecule has 4 nitrogen and oxygen atoms in total. The summed E-state index contributed by atoms with van der Waals surface area (Å²) in [6.07, 6.45) is 5.69. The first-order chi connectivity index (χ1) is 12.2. The Bertz CT molecular complexity index is 651. The molecule has 0 aliphatic rings. The van der Waals surface area contributed by atoms with Gasteiger partial charge in [0, 0.05) is 32.4 Å². The Morgan fingerprint density at radius 2 is 1.68 bits per heavy atom. The molecular formula is C21H29N3O. The quantitative estimate of drug-likeness (QED) is 0.680. The summed E-state index contributed by atoms with van der Waals surface area (Å²) in [5.41, 5.74) is 2.83. The second kappa shape index (κ2) is 9.82. The number of anilines is 1. The number of nitrogens with zero attached hydrogens (tertiary/aromatic N) is 3. The molecule has 1 heterocycles. The molecule has 2 aromatic rings. The van der Waals surface area contributed by atoms with E-state index < -0.39 is 0 Å². The maximum absolute atomic E-state index is 12.9. The molecule has 4 heteroatoms. The first-order valence-electron chi connectivity index (χ1n) is 9.22. The maximum atomic E-state index is 12.9. The molecule has 1 aromatic heterocycles. The molecule has 0 bridgehead atoms. The topological polar surface area (TPSA) is 36.4 Å². The highest BCUT2D eigenvalue weighted by Crippen LogP contribution is 2.18. The highest BCUT2D eigenvalue weighted by molar-refractivity contribution is 5.94. The molecule has 0 spiro atoms. The van der Waals surface area contributed by atoms with E-state index in [1.165, 1.54) is 0 Å². The Hall–Kier alpha value is -2.36. The van der Waals surface area contributed by atoms with Crippen LogP contribution in [0.3, 0.4) is 0 Å². The first kappa shape index (κ1) is 19.0. The highest BCUT2D eigenvalue weighted by Gasteiger charge is 2.16. The zero-order valence-corrected chi connectivity index (χ0v) is 15.6. The minimum absolute atomic E-state index is 0.0358. The van der Waals surface area contributed by atoms with Gasteiger partial charge < -0.3 is 9.80 Å². The van der Waals surface area contributed by atoms with Crippen LogP contribution in [-0.4, -0.2) is 35.4 Å². The lowest BCUT2D eigenvalue weighted by Crippen LogP contribution is -2.31. The van der Waals surface area contributed by atoms with Gasteiger partial charge in [0.1, 0.15) is 0 Å². The summed E-state index contributed by atoms with van der Waals surface area (Å²) in [5.74, 6) is 0.0358. The van der Waals surface area contributed by atoms with E-state index in [1.54, 1.807) is 6.20 Å². The van der Waals surface area contributed by atoms with Gasteiger partial charge in [0.15, 0.2) is 0 Å². The first-order valence-corrected chi connectivity index (χ1v) is 9.22. The Morgan fingerprint density at radius 3 is 2.28 bits per heavy atom. The van der Waals surface area contributed by atoms with Crippen molar-refractivity contribution in [2.24, 2.45) is 0 Å². The molecule has 0 unspecified atom stereocenters. The van der Waals surface area contributed by atoms with Gasteiger partial charge in [0.05, 0.1) is 17.4 Å². The van der Waals surface area contributed by atoms with E-state index >= 15 is 0 Å². The largest absolute Gasteiger partial charge is 0.370 e. The lowest BCUT2D eigenvalue weighted by atomic mass is 10.1. The number of carbonyl (C=O) groups excluding carboxylic acids is 1. The van der Waals surface area contributed by atoms with Gasteiger partial charge >= 0.3 is 0 Å². The van der Waals surface area contributed by atoms with Gasteiger partial charge in [-0.25, -0.2) is 0 Å². The third kappa shape index (κ3) is 5.31. The fourth-order valence-corrected chi connectivity index (χ4v) is 2.94. The van der Waals surface area contributed by atoms with Crippen LogP contribution in [0.5, 0.6) is 0 Å². The van der Waals surface area contributed by atoms with E-state index in [9.17, 15) is 4.79 Å². The van der Waals surface area contributed by atoms with Crippen LogP contribution < -0.4 is 4.90 Å². The number of amides is 1. The number of hydrogen-bond donors (Lipinski definition) is 0. The van der Waals surface area contributed by atoms with Gasteiger partial charge in [0.2, 0.25) is 0 Å². The molecule has 1 amide bonds. The number of hydrogen-bond acceptors (Lipinski definition) is 3. The van der Waals surface area contributed by atoms with Crippen molar-refractivity contribution in [2.75, 3.05) is 24.5 Å². The average Bonchev–Trinajstić information content (AvgIpc) is 2.66. The maximum Gasteiger partial charge on any atom is 0.255 e. The fraction of sp³-hybridized carbons (Fsp3) is 0.429. The predicted molar refractivity (Wildman–Crippen MR) is 104 cm³/mol. The standard InChI is InChI=1S/C21H29N3O/c1-4-12-24(13-5-2)20-14-19(15-22-16-20)21(25)23(6-3)17-18-10-8-7-9-11-18/h7-11,14-16H,4-6,12-13,17H2,1-3H3. The molecule has 0 aliphatic carbocycles. The van der Waals surface area contributed by atoms with E-state index in [0.29, 0.717) is 18.7 Å². The molecule has 0 N–H and O–H groups in total. The van der Waals surface area contributed by atoms with Crippen molar-refractivity contribution in [3.63, 3.8) is 0 Å². The minimum atomic E-state index is 0.0358. The van der Waals surface area contributed by atoms with E-state index in [1.807, 2.05) is 42.3 Å². The SMILES string of the molecule is CCCN(CCC)c1cncc(C(=O)N(CC)Cc2ccccc2)c1. The summed E-state index contributed by atoms with van der Waals surface area (Å²) in [4.78, 5) is 21.4. The second-order valence-electron chi connectivity index (χ2n) is 6.22. The van der Waals surface area contributed by atoms with Gasteiger partial charge in [-0.05, 0) is 31.4 Å². The second-order valence-corrected chi connectivity index (χ2v) is 6.22. The van der Waals surface area contributed by atoms with Gasteiger partial charge in [-0.15, -0.1) is 0 Å². The number of rotatable bonds is 9. The van der Waals surface area contributed by atoms with Crippen LogP contribution >= 0.6 is 0 Å². The Morgan fingerprint density at radius 1 is 1.00 bits per heavy atom. The van der Waals surface area contributed by atoms with Gasteiger partial charge in [0.25, 0.3) is 5.91 Å². The van der Waals surface area contributed by atoms with Crippen molar-refractivity contribution >= 4 is 11.6 Å². The van der Waals surface area contributed by atoms with Crippen LogP contribution in [0, 0.1) is 0 Å². The lowest BCUT2D eigenvalue weighted by molar-refractivity contribution is 0.0752. The number of carbonyl (C=O) groups is 1. The molecule has 0 saturated heterocycles. The number of benzene rings is 1. The Kier molecular flexibility index (Phi) is 7.45. The fourth-order valence-electron chi connectivity index (χ4n) is 2.94. The zero-order valence-electron chi connectivity index (χ0n) is 15.6. The molecule has 25 heavy (non-hydrogen) atoms. The van der Waals surface area contributed by atoms with E-state index in [2.05, 4.69) is 35.9 Å². The third-order valence-corrected chi connectivity index (χ3v) is 4.21. The normalized spacial score (nSPS) is 10.5. The number of pyridine rings is 1. The van der Waals surface area contributed by atoms with Crippen LogP contribution in [0.15, 0.2) is 48.8 Å². The molecule has 0 aliphatic heterocycles. The van der Waals surface area contributed by atoms with Crippen molar-refractivity contribution < 1.29 is 4.79 Å². The average molecular weight is 339 g/mol. The van der Waals surface area contributed by atoms with Crippen LogP contribution in [-0.2, 0) is 6.54 Å². The number of aromatic nitrogens is 1. The molecule has 1 aromatic carbocycles. The van der Waals surface area contributed by atoms with Crippen LogP contribution in [0.2, 0.25) is 0 Å². The van der Waals surface area contributed by atoms with E-state index in [0.717, 1.165) is 37.2 Å². The predicted octanol–water partition coefficient (Wildman–Crippen LogP) is 4.37. The van der Waals surface area contributed by atoms with Gasteiger partial charge in [-0.3, -0.25) is 9.78 Å². The van der Waals surface area contributed by atoms with Crippen molar-refractivity contribution in [1.29, 1.82) is 0 Å². The molecule has 0 radical (unpaired) electrons. The van der Waals surface area contributed by atoms with E-state index in [-0.39, 0.29) is 5.91 Å². The van der Waals surface area contributed by atoms with Crippen molar-refractivity contribution in [2.45, 2.75) is 40.2 Å². The van der Waals surface area contributed by atoms with Crippen LogP contribution in [0.25, 0.3) is 0 Å². The lowest BCUT2D eigenvalue weighted by Gasteiger charge is -2.25. The summed E-state index contributed by atoms with van der Waals surface area (Å²) in [6.45, 7) is 9.61. The molecule has 0 fully saturated rings. The van der Waals surface area contributed by atoms with Crippen LogP contribution in [0.4, 0.5) is 5.69 Å². The highest BCUT2D eigenvalue weighted by atomic mass is 16.2. The van der Waals surface area contributed by atoms with E-state index in [4.69, 9.17) is 0 Å². The summed E-state index contributed by atoms with van der Waals surface area (Å²) in [5, 5.41) is 0. The van der Waals surface area contributed by atoms with Gasteiger partial charge in [-0.1, -0.05) is 44.2 Å². The molecule has 2 rings (SSSR count). The van der Waals surface area contributed by atoms with Crippen molar-refractivity contribution in [3.8, 4) is 0 Å². The summed E-state index contributed by atoms with van der Waals surface area (Å²) >= 11 is 0. The molecule has 134 valence electrons. The summed E-state index contributed by atoms with van der Waals surface area (Å²) in [7, 11) is 0. The minimum Gasteiger partial charge on any atom is -0.370 e. The van der Waals surface area contributed by atoms with Crippen molar-refractivity contribution in [1.82, 2.24) is 9.88 Å².